The van der Waals surface area contributed by atoms with E-state index >= 15 is 0 Å². The van der Waals surface area contributed by atoms with Gasteiger partial charge in [0.25, 0.3) is 16.1 Å². The number of hydrogen-bond donors (Lipinski definition) is 1. The van der Waals surface area contributed by atoms with Crippen LogP contribution in [0.4, 0.5) is 0 Å². The highest BCUT2D eigenvalue weighted by molar-refractivity contribution is 7.86. The summed E-state index contributed by atoms with van der Waals surface area (Å²) in [6.07, 6.45) is 1.72. The first-order chi connectivity index (χ1) is 14.3. The van der Waals surface area contributed by atoms with E-state index in [0.29, 0.717) is 6.42 Å². The molecule has 0 aliphatic carbocycles. The Balaban J connectivity index is 1.71. The van der Waals surface area contributed by atoms with E-state index in [2.05, 4.69) is 5.32 Å². The quantitative estimate of drug-likeness (QED) is 0.686. The van der Waals surface area contributed by atoms with Gasteiger partial charge in [0, 0.05) is 46.7 Å². The van der Waals surface area contributed by atoms with Gasteiger partial charge in [-0.1, -0.05) is 30.3 Å². The molecule has 1 atom stereocenters. The highest BCUT2D eigenvalue weighted by atomic mass is 32.2. The van der Waals surface area contributed by atoms with Gasteiger partial charge in [-0.2, -0.15) is 17.0 Å². The smallest absolute Gasteiger partial charge is 0.287 e. The van der Waals surface area contributed by atoms with Crippen molar-refractivity contribution in [1.82, 2.24) is 18.8 Å². The zero-order valence-corrected chi connectivity index (χ0v) is 17.8. The van der Waals surface area contributed by atoms with Crippen molar-refractivity contribution in [2.75, 3.05) is 40.3 Å². The summed E-state index contributed by atoms with van der Waals surface area (Å²) in [5.41, 5.74) is 0.907. The molecule has 3 rings (SSSR count). The molecule has 1 N–H and O–H groups in total. The van der Waals surface area contributed by atoms with Crippen LogP contribution in [0.15, 0.2) is 53.1 Å². The Labute approximate surface area is 176 Å². The Morgan fingerprint density at radius 2 is 1.73 bits per heavy atom. The third-order valence-electron chi connectivity index (χ3n) is 4.97. The number of benzene rings is 1. The molecule has 0 saturated carbocycles. The van der Waals surface area contributed by atoms with E-state index in [4.69, 9.17) is 4.42 Å². The predicted octanol–water partition coefficient (Wildman–Crippen LogP) is 0.571. The number of hydrogen-bond acceptors (Lipinski definition) is 5. The summed E-state index contributed by atoms with van der Waals surface area (Å²) in [5, 5.41) is 2.76. The summed E-state index contributed by atoms with van der Waals surface area (Å²) in [6, 6.07) is 11.7. The Hall–Kier alpha value is -2.69. The summed E-state index contributed by atoms with van der Waals surface area (Å²) in [5.74, 6) is -0.591. The number of furan rings is 1. The molecule has 1 aliphatic heterocycles. The average Bonchev–Trinajstić information content (AvgIpc) is 3.28. The minimum Gasteiger partial charge on any atom is -0.459 e. The van der Waals surface area contributed by atoms with E-state index in [-0.39, 0.29) is 37.8 Å². The van der Waals surface area contributed by atoms with Crippen molar-refractivity contribution >= 4 is 22.0 Å². The maximum Gasteiger partial charge on any atom is 0.287 e. The monoisotopic (exact) mass is 434 g/mol. The lowest BCUT2D eigenvalue weighted by atomic mass is 10.0. The van der Waals surface area contributed by atoms with Gasteiger partial charge in [0.2, 0.25) is 5.91 Å². The summed E-state index contributed by atoms with van der Waals surface area (Å²) in [7, 11) is -0.562. The van der Waals surface area contributed by atoms with Crippen LogP contribution >= 0.6 is 0 Å². The van der Waals surface area contributed by atoms with Gasteiger partial charge < -0.3 is 14.6 Å². The molecule has 1 fully saturated rings. The van der Waals surface area contributed by atoms with Crippen molar-refractivity contribution in [2.24, 2.45) is 0 Å². The van der Waals surface area contributed by atoms with E-state index in [1.807, 2.05) is 30.3 Å². The van der Waals surface area contributed by atoms with Gasteiger partial charge in [0.15, 0.2) is 5.76 Å². The summed E-state index contributed by atoms with van der Waals surface area (Å²) in [4.78, 5) is 27.3. The fourth-order valence-electron chi connectivity index (χ4n) is 3.28. The van der Waals surface area contributed by atoms with Crippen LogP contribution in [-0.4, -0.2) is 80.1 Å². The van der Waals surface area contributed by atoms with E-state index < -0.39 is 22.2 Å². The Morgan fingerprint density at radius 3 is 2.30 bits per heavy atom. The van der Waals surface area contributed by atoms with E-state index in [1.54, 1.807) is 11.0 Å². The lowest BCUT2D eigenvalue weighted by Crippen LogP contribution is -2.57. The summed E-state index contributed by atoms with van der Waals surface area (Å²) >= 11 is 0. The van der Waals surface area contributed by atoms with Crippen molar-refractivity contribution in [3.8, 4) is 0 Å². The molecule has 0 spiro atoms. The molecule has 2 heterocycles. The number of carbonyl (C=O) groups is 2. The maximum atomic E-state index is 13.2. The first kappa shape index (κ1) is 22.0. The highest BCUT2D eigenvalue weighted by Gasteiger charge is 2.33. The zero-order valence-electron chi connectivity index (χ0n) is 17.0. The Bertz CT molecular complexity index is 952. The van der Waals surface area contributed by atoms with Gasteiger partial charge in [-0.05, 0) is 17.7 Å². The van der Waals surface area contributed by atoms with Gasteiger partial charge in [-0.25, -0.2) is 0 Å². The fraction of sp³-hybridized carbons (Fsp3) is 0.400. The number of carbonyl (C=O) groups excluding carboxylic acids is 2. The molecule has 162 valence electrons. The van der Waals surface area contributed by atoms with Crippen molar-refractivity contribution in [2.45, 2.75) is 12.5 Å². The van der Waals surface area contributed by atoms with Crippen molar-refractivity contribution in [1.29, 1.82) is 0 Å². The number of nitrogens with one attached hydrogen (secondary N) is 1. The molecule has 0 radical (unpaired) electrons. The number of amides is 2. The lowest BCUT2D eigenvalue weighted by molar-refractivity contribution is -0.134. The maximum absolute atomic E-state index is 13.2. The van der Waals surface area contributed by atoms with Crippen molar-refractivity contribution < 1.29 is 22.4 Å². The second-order valence-electron chi connectivity index (χ2n) is 7.21. The largest absolute Gasteiger partial charge is 0.459 e. The summed E-state index contributed by atoms with van der Waals surface area (Å²) < 4.78 is 32.2. The number of rotatable bonds is 7. The van der Waals surface area contributed by atoms with Crippen LogP contribution in [0, 0.1) is 0 Å². The molecule has 9 nitrogen and oxygen atoms in total. The van der Waals surface area contributed by atoms with Crippen LogP contribution in [0.1, 0.15) is 16.1 Å². The van der Waals surface area contributed by atoms with E-state index in [0.717, 1.165) is 9.87 Å². The number of piperazine rings is 1. The molecule has 10 heteroatoms. The molecule has 0 bridgehead atoms. The van der Waals surface area contributed by atoms with Crippen LogP contribution in [0.3, 0.4) is 0 Å². The van der Waals surface area contributed by atoms with Gasteiger partial charge >= 0.3 is 0 Å². The second-order valence-corrected chi connectivity index (χ2v) is 9.35. The van der Waals surface area contributed by atoms with Crippen LogP contribution in [0.25, 0.3) is 0 Å². The van der Waals surface area contributed by atoms with Crippen LogP contribution < -0.4 is 5.32 Å². The molecular weight excluding hydrogens is 408 g/mol. The first-order valence-corrected chi connectivity index (χ1v) is 11.0. The Morgan fingerprint density at radius 1 is 1.07 bits per heavy atom. The molecule has 2 amide bonds. The second kappa shape index (κ2) is 9.41. The van der Waals surface area contributed by atoms with Crippen LogP contribution in [-0.2, 0) is 21.4 Å². The summed E-state index contributed by atoms with van der Waals surface area (Å²) in [6.45, 7) is 0.925. The topological polar surface area (TPSA) is 103 Å². The zero-order chi connectivity index (χ0) is 21.7. The predicted molar refractivity (Wildman–Crippen MR) is 111 cm³/mol. The van der Waals surface area contributed by atoms with Crippen molar-refractivity contribution in [3.05, 3.63) is 60.1 Å². The number of nitrogens with zero attached hydrogens (tertiary/aromatic N) is 3. The normalized spacial score (nSPS) is 16.4. The standard InChI is InChI=1S/C20H26N4O5S/c1-22(2)30(27,28)24-12-10-23(11-13-24)20(26)17(15-16-7-4-3-5-8-16)21-19(25)18-9-6-14-29-18/h3-9,14,17H,10-13,15H2,1-2H3,(H,21,25). The van der Waals surface area contributed by atoms with Crippen LogP contribution in [0.2, 0.25) is 0 Å². The lowest BCUT2D eigenvalue weighted by Gasteiger charge is -2.36. The molecule has 1 aromatic heterocycles. The van der Waals surface area contributed by atoms with E-state index in [9.17, 15) is 18.0 Å². The van der Waals surface area contributed by atoms with Crippen molar-refractivity contribution in [3.63, 3.8) is 0 Å². The molecule has 30 heavy (non-hydrogen) atoms. The third-order valence-corrected chi connectivity index (χ3v) is 6.91. The van der Waals surface area contributed by atoms with Crippen LogP contribution in [0.5, 0.6) is 0 Å². The fourth-order valence-corrected chi connectivity index (χ4v) is 4.36. The first-order valence-electron chi connectivity index (χ1n) is 9.63. The molecule has 1 aromatic carbocycles. The molecule has 1 unspecified atom stereocenters. The van der Waals surface area contributed by atoms with Gasteiger partial charge in [0.1, 0.15) is 6.04 Å². The minimum atomic E-state index is -3.52. The van der Waals surface area contributed by atoms with E-state index in [1.165, 1.54) is 30.7 Å². The van der Waals surface area contributed by atoms with Gasteiger partial charge in [-0.3, -0.25) is 9.59 Å². The Kier molecular flexibility index (Phi) is 6.91. The molecule has 1 saturated heterocycles. The van der Waals surface area contributed by atoms with Gasteiger partial charge in [0.05, 0.1) is 6.26 Å². The average molecular weight is 435 g/mol. The molecule has 2 aromatic rings. The van der Waals surface area contributed by atoms with Gasteiger partial charge in [-0.15, -0.1) is 0 Å². The molecular formula is C20H26N4O5S. The molecule has 1 aliphatic rings. The highest BCUT2D eigenvalue weighted by Crippen LogP contribution is 2.13. The minimum absolute atomic E-state index is 0.128. The third kappa shape index (κ3) is 5.07. The SMILES string of the molecule is CN(C)S(=O)(=O)N1CCN(C(=O)C(Cc2ccccc2)NC(=O)c2ccco2)CC1.